The third-order valence-corrected chi connectivity index (χ3v) is 11.0. The van der Waals surface area contributed by atoms with Gasteiger partial charge in [0, 0.05) is 81.4 Å². The monoisotopic (exact) mass is 715 g/mol. The summed E-state index contributed by atoms with van der Waals surface area (Å²) in [5, 5.41) is 13.8. The van der Waals surface area contributed by atoms with Crippen molar-refractivity contribution in [2.45, 2.75) is 56.9 Å². The first-order chi connectivity index (χ1) is 23.6. The van der Waals surface area contributed by atoms with E-state index in [1.54, 1.807) is 18.3 Å². The minimum Gasteiger partial charge on any atom is -0.481 e. The molecule has 0 bridgehead atoms. The number of carboxylic acids is 1. The molecular weight excluding hydrogens is 672 g/mol. The summed E-state index contributed by atoms with van der Waals surface area (Å²) in [5.41, 5.74) is 2.27. The number of carboxylic acid groups (broad SMARTS) is 1. The number of hydrogen-bond donors (Lipinski definition) is 2. The number of ketones is 1. The fraction of sp³-hybridized carbons (Fsp3) is 0.528. The van der Waals surface area contributed by atoms with Crippen LogP contribution in [0.2, 0.25) is 10.0 Å². The zero-order valence-corrected chi connectivity index (χ0v) is 29.3. The maximum absolute atomic E-state index is 14.9. The molecule has 1 aromatic heterocycles. The molecule has 6 rings (SSSR count). The second-order valence-electron chi connectivity index (χ2n) is 13.4. The number of halogens is 3. The van der Waals surface area contributed by atoms with Gasteiger partial charge < -0.3 is 19.7 Å². The van der Waals surface area contributed by atoms with Crippen LogP contribution in [0.1, 0.15) is 54.4 Å². The van der Waals surface area contributed by atoms with Crippen molar-refractivity contribution in [2.24, 2.45) is 13.0 Å². The summed E-state index contributed by atoms with van der Waals surface area (Å²) in [6.07, 6.45) is 5.30. The number of fused-ring (bicyclic) bond motifs is 1. The fourth-order valence-corrected chi connectivity index (χ4v) is 8.13. The molecule has 3 heterocycles. The third-order valence-electron chi connectivity index (χ3n) is 10.3. The number of Topliss-reactive ketones (excluding diaryl/α,β-unsaturated/α-hetero) is 1. The van der Waals surface area contributed by atoms with E-state index in [4.69, 9.17) is 27.9 Å². The van der Waals surface area contributed by atoms with E-state index in [-0.39, 0.29) is 34.3 Å². The number of carbonyl (C=O) groups is 3. The van der Waals surface area contributed by atoms with Gasteiger partial charge in [0.05, 0.1) is 28.3 Å². The molecule has 3 fully saturated rings. The van der Waals surface area contributed by atoms with Crippen molar-refractivity contribution in [3.63, 3.8) is 0 Å². The van der Waals surface area contributed by atoms with Crippen molar-refractivity contribution in [2.75, 3.05) is 57.8 Å². The number of aliphatic carboxylic acids is 1. The van der Waals surface area contributed by atoms with Gasteiger partial charge in [-0.05, 0) is 62.3 Å². The normalized spacial score (nSPS) is 22.3. The molecule has 3 aliphatic rings. The maximum Gasteiger partial charge on any atom is 0.306 e. The minimum atomic E-state index is -1.39. The Bertz CT molecular complexity index is 1680. The molecule has 1 amide bonds. The number of aromatic nitrogens is 1. The first kappa shape index (κ1) is 35.8. The molecular formula is C36H44Cl2FN5O5. The molecule has 1 aliphatic carbocycles. The summed E-state index contributed by atoms with van der Waals surface area (Å²) < 4.78 is 22.1. The largest absolute Gasteiger partial charge is 0.481 e. The first-order valence-electron chi connectivity index (χ1n) is 17.2. The van der Waals surface area contributed by atoms with Gasteiger partial charge >= 0.3 is 5.97 Å². The lowest BCUT2D eigenvalue weighted by atomic mass is 9.87. The van der Waals surface area contributed by atoms with Gasteiger partial charge in [-0.25, -0.2) is 4.39 Å². The quantitative estimate of drug-likeness (QED) is 0.241. The van der Waals surface area contributed by atoms with Crippen LogP contribution < -0.4 is 5.32 Å². The highest BCUT2D eigenvalue weighted by Crippen LogP contribution is 2.38. The van der Waals surface area contributed by atoms with Gasteiger partial charge in [0.25, 0.3) is 5.91 Å². The number of anilines is 1. The summed E-state index contributed by atoms with van der Waals surface area (Å²) in [5.74, 6) is -3.12. The van der Waals surface area contributed by atoms with Crippen molar-refractivity contribution < 1.29 is 28.6 Å². The molecule has 49 heavy (non-hydrogen) atoms. The smallest absolute Gasteiger partial charge is 0.306 e. The Kier molecular flexibility index (Phi) is 11.3. The standard InChI is InChI=1S/C36H44Cl2FN5O5/c1-41-23-28(27-6-2-3-7-32(27)41)34(46)40-31-22-29(37)25(20-30(31)38)21-33(45)36(43-13-4-5-14-43,44-18-16-42(15-12-39)17-19-44)49-26-10-8-24(9-11-26)35(47)48/h2-3,6-7,20,22-24,26H,4-5,8-19,21H2,1H3,(H,40,46)(H,47,48)/t24-,26-,36?. The molecule has 2 aliphatic heterocycles. The lowest BCUT2D eigenvalue weighted by Gasteiger charge is -2.52. The van der Waals surface area contributed by atoms with Crippen molar-refractivity contribution in [1.29, 1.82) is 0 Å². The number of nitrogens with zero attached hydrogens (tertiary/aromatic N) is 4. The maximum atomic E-state index is 14.9. The zero-order chi connectivity index (χ0) is 34.7. The Balaban J connectivity index is 1.27. The SMILES string of the molecule is Cn1cc(C(=O)Nc2cc(Cl)c(CC(=O)C(O[C@H]3CC[C@H](C(=O)O)CC3)(N3CCCC3)N3CCN(CCF)CC3)cc2Cl)c2ccccc21. The number of piperazine rings is 1. The van der Waals surface area contributed by atoms with Crippen LogP contribution in [-0.4, -0.2) is 106 Å². The lowest BCUT2D eigenvalue weighted by Crippen LogP contribution is -2.70. The van der Waals surface area contributed by atoms with Crippen molar-refractivity contribution in [1.82, 2.24) is 19.3 Å². The minimum absolute atomic E-state index is 0.0677. The molecule has 0 spiro atoms. The van der Waals surface area contributed by atoms with Crippen molar-refractivity contribution in [3.8, 4) is 0 Å². The van der Waals surface area contributed by atoms with Crippen molar-refractivity contribution in [3.05, 3.63) is 63.8 Å². The summed E-state index contributed by atoms with van der Waals surface area (Å²) in [4.78, 5) is 46.2. The number of nitrogens with one attached hydrogen (secondary N) is 1. The number of alkyl halides is 1. The molecule has 1 saturated carbocycles. The Morgan fingerprint density at radius 3 is 2.31 bits per heavy atom. The van der Waals surface area contributed by atoms with Crippen LogP contribution >= 0.6 is 23.2 Å². The molecule has 1 unspecified atom stereocenters. The number of amides is 1. The Morgan fingerprint density at radius 1 is 0.959 bits per heavy atom. The number of aryl methyl sites for hydroxylation is 1. The van der Waals surface area contributed by atoms with Gasteiger partial charge in [0.1, 0.15) is 6.67 Å². The summed E-state index contributed by atoms with van der Waals surface area (Å²) in [6.45, 7) is 3.48. The fourth-order valence-electron chi connectivity index (χ4n) is 7.66. The number of benzene rings is 2. The van der Waals surface area contributed by atoms with Crippen LogP contribution in [-0.2, 0) is 27.8 Å². The predicted molar refractivity (Wildman–Crippen MR) is 188 cm³/mol. The van der Waals surface area contributed by atoms with Crippen molar-refractivity contribution >= 4 is 57.5 Å². The number of ether oxygens (including phenoxy) is 1. The molecule has 2 aromatic carbocycles. The molecule has 10 nitrogen and oxygen atoms in total. The molecule has 2 saturated heterocycles. The lowest BCUT2D eigenvalue weighted by molar-refractivity contribution is -0.260. The highest BCUT2D eigenvalue weighted by atomic mass is 35.5. The van der Waals surface area contributed by atoms with Crippen LogP contribution in [0, 0.1) is 5.92 Å². The highest BCUT2D eigenvalue weighted by Gasteiger charge is 2.53. The van der Waals surface area contributed by atoms with E-state index in [1.807, 2.05) is 35.9 Å². The number of likely N-dealkylation sites (tertiary alicyclic amines) is 1. The number of hydrogen-bond acceptors (Lipinski definition) is 7. The number of para-hydroxylation sites is 1. The molecule has 3 aromatic rings. The predicted octanol–water partition coefficient (Wildman–Crippen LogP) is 5.85. The second-order valence-corrected chi connectivity index (χ2v) is 14.2. The number of rotatable bonds is 12. The zero-order valence-electron chi connectivity index (χ0n) is 27.8. The first-order valence-corrected chi connectivity index (χ1v) is 17.9. The van der Waals surface area contributed by atoms with Crippen LogP contribution in [0.3, 0.4) is 0 Å². The van der Waals surface area contributed by atoms with Crippen LogP contribution in [0.15, 0.2) is 42.6 Å². The van der Waals surface area contributed by atoms with Gasteiger partial charge in [0.15, 0.2) is 5.78 Å². The Morgan fingerprint density at radius 2 is 1.63 bits per heavy atom. The third kappa shape index (κ3) is 7.52. The van der Waals surface area contributed by atoms with Crippen LogP contribution in [0.25, 0.3) is 10.9 Å². The van der Waals surface area contributed by atoms with Crippen LogP contribution in [0.4, 0.5) is 10.1 Å². The average molecular weight is 717 g/mol. The molecule has 1 atom stereocenters. The molecule has 264 valence electrons. The van der Waals surface area contributed by atoms with E-state index in [0.29, 0.717) is 88.3 Å². The van der Waals surface area contributed by atoms with E-state index in [0.717, 1.165) is 23.7 Å². The van der Waals surface area contributed by atoms with Crippen LogP contribution in [0.5, 0.6) is 0 Å². The van der Waals surface area contributed by atoms with E-state index in [9.17, 15) is 23.9 Å². The van der Waals surface area contributed by atoms with E-state index < -0.39 is 24.4 Å². The number of carbonyl (C=O) groups excluding carboxylic acids is 2. The van der Waals surface area contributed by atoms with Gasteiger partial charge in [-0.2, -0.15) is 0 Å². The van der Waals surface area contributed by atoms with E-state index >= 15 is 0 Å². The molecule has 0 radical (unpaired) electrons. The summed E-state index contributed by atoms with van der Waals surface area (Å²) in [7, 11) is 1.88. The molecule has 2 N–H and O–H groups in total. The van der Waals surface area contributed by atoms with Gasteiger partial charge in [-0.1, -0.05) is 41.4 Å². The van der Waals surface area contributed by atoms with Gasteiger partial charge in [-0.3, -0.25) is 29.1 Å². The Labute approximate surface area is 296 Å². The summed E-state index contributed by atoms with van der Waals surface area (Å²) >= 11 is 13.6. The highest BCUT2D eigenvalue weighted by molar-refractivity contribution is 6.36. The van der Waals surface area contributed by atoms with E-state index in [2.05, 4.69) is 20.0 Å². The average Bonchev–Trinajstić information content (AvgIpc) is 3.76. The molecule has 13 heteroatoms. The van der Waals surface area contributed by atoms with E-state index in [1.165, 1.54) is 0 Å². The van der Waals surface area contributed by atoms with Gasteiger partial charge in [-0.15, -0.1) is 0 Å². The second kappa shape index (κ2) is 15.4. The Hall–Kier alpha value is -3.06. The van der Waals surface area contributed by atoms with Gasteiger partial charge in [0.2, 0.25) is 5.85 Å². The topological polar surface area (TPSA) is 107 Å². The summed E-state index contributed by atoms with van der Waals surface area (Å²) in [6, 6.07) is 10.8.